The van der Waals surface area contributed by atoms with Gasteiger partial charge in [0.15, 0.2) is 9.84 Å². The molecule has 0 heterocycles. The van der Waals surface area contributed by atoms with Crippen molar-refractivity contribution in [3.05, 3.63) is 28.8 Å². The summed E-state index contributed by atoms with van der Waals surface area (Å²) < 4.78 is 22.5. The van der Waals surface area contributed by atoms with Crippen molar-refractivity contribution in [2.75, 3.05) is 5.75 Å². The predicted molar refractivity (Wildman–Crippen MR) is 56.3 cm³/mol. The maximum atomic E-state index is 11.3. The van der Waals surface area contributed by atoms with E-state index in [0.717, 1.165) is 0 Å². The van der Waals surface area contributed by atoms with Gasteiger partial charge in [0.2, 0.25) is 0 Å². The van der Waals surface area contributed by atoms with Crippen LogP contribution in [0.2, 0.25) is 5.02 Å². The molecule has 3 nitrogen and oxygen atoms in total. The molecule has 1 rings (SSSR count). The normalized spacial score (nSPS) is 11.6. The second-order valence-corrected chi connectivity index (χ2v) is 5.72. The van der Waals surface area contributed by atoms with E-state index in [9.17, 15) is 13.5 Å². The maximum Gasteiger partial charge on any atom is 0.154 e. The zero-order valence-electron chi connectivity index (χ0n) is 7.70. The van der Waals surface area contributed by atoms with Gasteiger partial charge in [-0.2, -0.15) is 0 Å². The second kappa shape index (κ2) is 4.19. The van der Waals surface area contributed by atoms with Crippen molar-refractivity contribution in [1.29, 1.82) is 0 Å². The zero-order valence-corrected chi connectivity index (χ0v) is 9.27. The topological polar surface area (TPSA) is 54.4 Å². The van der Waals surface area contributed by atoms with Crippen LogP contribution in [-0.4, -0.2) is 19.3 Å². The van der Waals surface area contributed by atoms with E-state index < -0.39 is 9.84 Å². The Morgan fingerprint density at radius 3 is 2.57 bits per heavy atom. The molecule has 0 saturated heterocycles. The number of phenolic OH excluding ortho intramolecular Hbond substituents is 1. The van der Waals surface area contributed by atoms with E-state index in [2.05, 4.69) is 0 Å². The van der Waals surface area contributed by atoms with Crippen LogP contribution in [0, 0.1) is 0 Å². The zero-order chi connectivity index (χ0) is 10.8. The lowest BCUT2D eigenvalue weighted by atomic mass is 10.2. The molecule has 0 fully saturated rings. The van der Waals surface area contributed by atoms with E-state index in [1.807, 2.05) is 0 Å². The third kappa shape index (κ3) is 2.89. The largest absolute Gasteiger partial charge is 0.506 e. The summed E-state index contributed by atoms with van der Waals surface area (Å²) in [5.41, 5.74) is 0.550. The first-order valence-electron chi connectivity index (χ1n) is 4.12. The van der Waals surface area contributed by atoms with Gasteiger partial charge in [-0.3, -0.25) is 0 Å². The Balaban J connectivity index is 2.94. The van der Waals surface area contributed by atoms with Crippen LogP contribution in [0.5, 0.6) is 5.75 Å². The monoisotopic (exact) mass is 234 g/mol. The summed E-state index contributed by atoms with van der Waals surface area (Å²) in [6.45, 7) is 1.59. The Morgan fingerprint density at radius 1 is 1.43 bits per heavy atom. The lowest BCUT2D eigenvalue weighted by Gasteiger charge is -2.03. The van der Waals surface area contributed by atoms with Crippen molar-refractivity contribution in [2.24, 2.45) is 0 Å². The quantitative estimate of drug-likeness (QED) is 0.870. The highest BCUT2D eigenvalue weighted by atomic mass is 35.5. The van der Waals surface area contributed by atoms with E-state index in [0.29, 0.717) is 5.56 Å². The summed E-state index contributed by atoms with van der Waals surface area (Å²) in [6, 6.07) is 4.45. The van der Waals surface area contributed by atoms with E-state index in [4.69, 9.17) is 11.6 Å². The molecule has 0 unspecified atom stereocenters. The van der Waals surface area contributed by atoms with Gasteiger partial charge in [0.25, 0.3) is 0 Å². The number of sulfone groups is 1. The van der Waals surface area contributed by atoms with Crippen LogP contribution in [0.25, 0.3) is 0 Å². The lowest BCUT2D eigenvalue weighted by Crippen LogP contribution is -2.06. The highest BCUT2D eigenvalue weighted by molar-refractivity contribution is 7.90. The molecule has 0 saturated carbocycles. The van der Waals surface area contributed by atoms with Gasteiger partial charge in [0, 0.05) is 5.75 Å². The summed E-state index contributed by atoms with van der Waals surface area (Å²) in [5, 5.41) is 9.47. The molecule has 0 aliphatic heterocycles. The molecule has 0 bridgehead atoms. The highest BCUT2D eigenvalue weighted by Crippen LogP contribution is 2.24. The van der Waals surface area contributed by atoms with Gasteiger partial charge < -0.3 is 5.11 Å². The third-order valence-corrected chi connectivity index (χ3v) is 3.81. The van der Waals surface area contributed by atoms with Crippen molar-refractivity contribution < 1.29 is 13.5 Å². The van der Waals surface area contributed by atoms with Gasteiger partial charge in [0.05, 0.1) is 10.8 Å². The number of phenols is 1. The Morgan fingerprint density at radius 2 is 2.07 bits per heavy atom. The average molecular weight is 235 g/mol. The fraction of sp³-hybridized carbons (Fsp3) is 0.333. The van der Waals surface area contributed by atoms with Crippen LogP contribution >= 0.6 is 11.6 Å². The minimum Gasteiger partial charge on any atom is -0.506 e. The molecule has 0 spiro atoms. The number of rotatable bonds is 3. The maximum absolute atomic E-state index is 11.3. The molecule has 5 heteroatoms. The molecule has 0 radical (unpaired) electrons. The minimum absolute atomic E-state index is 0.0613. The van der Waals surface area contributed by atoms with Crippen LogP contribution in [0.1, 0.15) is 12.5 Å². The van der Waals surface area contributed by atoms with Crippen molar-refractivity contribution in [3.63, 3.8) is 0 Å². The lowest BCUT2D eigenvalue weighted by molar-refractivity contribution is 0.475. The molecule has 1 N–H and O–H groups in total. The minimum atomic E-state index is -3.06. The van der Waals surface area contributed by atoms with E-state index in [1.54, 1.807) is 13.0 Å². The van der Waals surface area contributed by atoms with Crippen molar-refractivity contribution >= 4 is 21.4 Å². The molecule has 0 aliphatic carbocycles. The Bertz CT molecular complexity index is 426. The molecule has 1 aromatic carbocycles. The highest BCUT2D eigenvalue weighted by Gasteiger charge is 2.10. The molecule has 0 aromatic heterocycles. The first-order chi connectivity index (χ1) is 6.44. The standard InChI is InChI=1S/C9H11ClO3S/c1-2-14(12,13)6-7-3-4-8(10)9(11)5-7/h3-5,11H,2,6H2,1H3. The smallest absolute Gasteiger partial charge is 0.154 e. The summed E-state index contributed by atoms with van der Waals surface area (Å²) in [4.78, 5) is 0. The van der Waals surface area contributed by atoms with Crippen LogP contribution in [0.4, 0.5) is 0 Å². The van der Waals surface area contributed by atoms with Crippen molar-refractivity contribution in [2.45, 2.75) is 12.7 Å². The van der Waals surface area contributed by atoms with Gasteiger partial charge in [-0.25, -0.2) is 8.42 Å². The van der Waals surface area contributed by atoms with Crippen molar-refractivity contribution in [3.8, 4) is 5.75 Å². The Kier molecular flexibility index (Phi) is 3.39. The van der Waals surface area contributed by atoms with Crippen LogP contribution in [-0.2, 0) is 15.6 Å². The SMILES string of the molecule is CCS(=O)(=O)Cc1ccc(Cl)c(O)c1. The first-order valence-corrected chi connectivity index (χ1v) is 6.32. The third-order valence-electron chi connectivity index (χ3n) is 1.84. The Labute approximate surface area is 88.2 Å². The van der Waals surface area contributed by atoms with Crippen LogP contribution in [0.3, 0.4) is 0 Å². The average Bonchev–Trinajstić information content (AvgIpc) is 2.11. The molecular formula is C9H11ClO3S. The fourth-order valence-electron chi connectivity index (χ4n) is 1.00. The molecule has 0 aliphatic rings. The molecule has 78 valence electrons. The first kappa shape index (κ1) is 11.3. The number of hydrogen-bond acceptors (Lipinski definition) is 3. The van der Waals surface area contributed by atoms with E-state index >= 15 is 0 Å². The predicted octanol–water partition coefficient (Wildman–Crippen LogP) is 1.98. The summed E-state index contributed by atoms with van der Waals surface area (Å²) in [6.07, 6.45) is 0. The number of aromatic hydroxyl groups is 1. The van der Waals surface area contributed by atoms with Gasteiger partial charge >= 0.3 is 0 Å². The molecule has 1 aromatic rings. The molecule has 0 atom stereocenters. The van der Waals surface area contributed by atoms with Gasteiger partial charge in [-0.05, 0) is 17.7 Å². The summed E-state index contributed by atoms with van der Waals surface area (Å²) in [7, 11) is -3.06. The van der Waals surface area contributed by atoms with Crippen LogP contribution in [0.15, 0.2) is 18.2 Å². The van der Waals surface area contributed by atoms with Gasteiger partial charge in [0.1, 0.15) is 5.75 Å². The summed E-state index contributed by atoms with van der Waals surface area (Å²) in [5.74, 6) is -0.0552. The number of halogens is 1. The fourth-order valence-corrected chi connectivity index (χ4v) is 2.01. The van der Waals surface area contributed by atoms with E-state index in [-0.39, 0.29) is 22.3 Å². The second-order valence-electron chi connectivity index (χ2n) is 2.96. The van der Waals surface area contributed by atoms with E-state index in [1.165, 1.54) is 12.1 Å². The molecular weight excluding hydrogens is 224 g/mol. The molecule has 14 heavy (non-hydrogen) atoms. The summed E-state index contributed by atoms with van der Waals surface area (Å²) >= 11 is 5.59. The van der Waals surface area contributed by atoms with Gasteiger partial charge in [-0.15, -0.1) is 0 Å². The molecule has 0 amide bonds. The number of benzene rings is 1. The van der Waals surface area contributed by atoms with Crippen LogP contribution < -0.4 is 0 Å². The van der Waals surface area contributed by atoms with Crippen molar-refractivity contribution in [1.82, 2.24) is 0 Å². The van der Waals surface area contributed by atoms with Gasteiger partial charge in [-0.1, -0.05) is 24.6 Å². The number of hydrogen-bond donors (Lipinski definition) is 1. The Hall–Kier alpha value is -0.740.